The van der Waals surface area contributed by atoms with Gasteiger partial charge in [0.1, 0.15) is 11.5 Å². The highest BCUT2D eigenvalue weighted by Crippen LogP contribution is 2.31. The first-order valence-corrected chi connectivity index (χ1v) is 10.6. The number of carbonyl (C=O) groups excluding carboxylic acids is 1. The first-order chi connectivity index (χ1) is 15.5. The Bertz CT molecular complexity index is 988. The van der Waals surface area contributed by atoms with E-state index in [1.165, 1.54) is 26.0 Å². The molecule has 0 aliphatic carbocycles. The molecule has 33 heavy (non-hydrogen) atoms. The molecule has 0 unspecified atom stereocenters. The van der Waals surface area contributed by atoms with Crippen molar-refractivity contribution in [1.29, 1.82) is 0 Å². The second-order valence-electron chi connectivity index (χ2n) is 8.48. The largest absolute Gasteiger partial charge is 0.484 e. The number of carboxylic acids is 1. The summed E-state index contributed by atoms with van der Waals surface area (Å²) < 4.78 is 49.0. The molecule has 1 atom stereocenters. The molecule has 3 rings (SSSR count). The normalized spacial score (nSPS) is 16.9. The summed E-state index contributed by atoms with van der Waals surface area (Å²) >= 11 is 0. The molecule has 0 bridgehead atoms. The minimum Gasteiger partial charge on any atom is -0.484 e. The Morgan fingerprint density at radius 1 is 1.09 bits per heavy atom. The molecular weight excluding hydrogens is 439 g/mol. The average Bonchev–Trinajstić information content (AvgIpc) is 2.77. The third kappa shape index (κ3) is 6.40. The SMILES string of the molecule is CC(C)(Oc1cccc([C@H]2CCCN(C(=O)COc3ccc(C(F)(F)F)cc3)C2)c1)C(=O)O. The summed E-state index contributed by atoms with van der Waals surface area (Å²) in [7, 11) is 0. The maximum Gasteiger partial charge on any atom is 0.416 e. The summed E-state index contributed by atoms with van der Waals surface area (Å²) in [5.74, 6) is -0.649. The first-order valence-electron chi connectivity index (χ1n) is 10.6. The van der Waals surface area contributed by atoms with Gasteiger partial charge in [0.2, 0.25) is 0 Å². The lowest BCUT2D eigenvalue weighted by Crippen LogP contribution is -2.41. The van der Waals surface area contributed by atoms with Gasteiger partial charge in [0.05, 0.1) is 5.56 Å². The second kappa shape index (κ2) is 9.72. The van der Waals surface area contributed by atoms with Gasteiger partial charge < -0.3 is 19.5 Å². The molecule has 0 saturated carbocycles. The molecule has 2 aromatic rings. The predicted molar refractivity (Wildman–Crippen MR) is 114 cm³/mol. The van der Waals surface area contributed by atoms with Crippen LogP contribution in [-0.4, -0.2) is 47.2 Å². The van der Waals surface area contributed by atoms with Crippen molar-refractivity contribution in [3.63, 3.8) is 0 Å². The highest BCUT2D eigenvalue weighted by molar-refractivity contribution is 5.78. The Balaban J connectivity index is 1.59. The zero-order valence-corrected chi connectivity index (χ0v) is 18.4. The van der Waals surface area contributed by atoms with Gasteiger partial charge >= 0.3 is 12.1 Å². The van der Waals surface area contributed by atoms with E-state index in [-0.39, 0.29) is 24.2 Å². The van der Waals surface area contributed by atoms with E-state index >= 15 is 0 Å². The minimum atomic E-state index is -4.43. The zero-order valence-electron chi connectivity index (χ0n) is 18.4. The van der Waals surface area contributed by atoms with Crippen molar-refractivity contribution in [1.82, 2.24) is 4.90 Å². The average molecular weight is 465 g/mol. The summed E-state index contributed by atoms with van der Waals surface area (Å²) in [6.07, 6.45) is -2.79. The lowest BCUT2D eigenvalue weighted by Gasteiger charge is -2.33. The summed E-state index contributed by atoms with van der Waals surface area (Å²) in [6.45, 7) is 3.70. The van der Waals surface area contributed by atoms with Crippen LogP contribution in [0.2, 0.25) is 0 Å². The van der Waals surface area contributed by atoms with Crippen LogP contribution >= 0.6 is 0 Å². The van der Waals surface area contributed by atoms with Gasteiger partial charge in [0.25, 0.3) is 5.91 Å². The molecule has 1 saturated heterocycles. The molecule has 1 aliphatic heterocycles. The van der Waals surface area contributed by atoms with Gasteiger partial charge in [0, 0.05) is 19.0 Å². The van der Waals surface area contributed by atoms with Crippen LogP contribution in [0.3, 0.4) is 0 Å². The number of nitrogens with zero attached hydrogens (tertiary/aromatic N) is 1. The van der Waals surface area contributed by atoms with E-state index in [9.17, 15) is 27.9 Å². The fourth-order valence-electron chi connectivity index (χ4n) is 3.62. The molecule has 0 radical (unpaired) electrons. The summed E-state index contributed by atoms with van der Waals surface area (Å²) in [6, 6.07) is 11.4. The van der Waals surface area contributed by atoms with Crippen molar-refractivity contribution >= 4 is 11.9 Å². The fraction of sp³-hybridized carbons (Fsp3) is 0.417. The molecule has 1 fully saturated rings. The third-order valence-corrected chi connectivity index (χ3v) is 5.54. The van der Waals surface area contributed by atoms with E-state index in [1.54, 1.807) is 23.1 Å². The zero-order chi connectivity index (χ0) is 24.2. The number of piperidine rings is 1. The monoisotopic (exact) mass is 465 g/mol. The molecule has 1 aliphatic rings. The lowest BCUT2D eigenvalue weighted by molar-refractivity contribution is -0.152. The van der Waals surface area contributed by atoms with Crippen LogP contribution in [0.25, 0.3) is 0 Å². The third-order valence-electron chi connectivity index (χ3n) is 5.54. The van der Waals surface area contributed by atoms with Crippen LogP contribution < -0.4 is 9.47 Å². The number of rotatable bonds is 7. The van der Waals surface area contributed by atoms with Gasteiger partial charge in [-0.05, 0) is 68.7 Å². The van der Waals surface area contributed by atoms with Gasteiger partial charge in [0.15, 0.2) is 12.2 Å². The quantitative estimate of drug-likeness (QED) is 0.640. The lowest BCUT2D eigenvalue weighted by atomic mass is 9.90. The van der Waals surface area contributed by atoms with Gasteiger partial charge in [-0.25, -0.2) is 4.79 Å². The standard InChI is InChI=1S/C24H26F3NO5/c1-23(2,22(30)31)33-20-7-3-5-16(13-20)17-6-4-12-28(14-17)21(29)15-32-19-10-8-18(9-11-19)24(25,26)27/h3,5,7-11,13,17H,4,6,12,14-15H2,1-2H3,(H,30,31)/t17-/m0/s1. The number of hydrogen-bond donors (Lipinski definition) is 1. The Morgan fingerprint density at radius 2 is 1.79 bits per heavy atom. The van der Waals surface area contributed by atoms with Crippen LogP contribution in [0.1, 0.15) is 43.7 Å². The predicted octanol–water partition coefficient (Wildman–Crippen LogP) is 4.73. The van der Waals surface area contributed by atoms with E-state index in [4.69, 9.17) is 9.47 Å². The molecule has 1 amide bonds. The van der Waals surface area contributed by atoms with Gasteiger partial charge in [-0.2, -0.15) is 13.2 Å². The van der Waals surface area contributed by atoms with E-state index in [2.05, 4.69) is 0 Å². The summed E-state index contributed by atoms with van der Waals surface area (Å²) in [4.78, 5) is 25.6. The molecule has 178 valence electrons. The molecule has 6 nitrogen and oxygen atoms in total. The molecule has 2 aromatic carbocycles. The minimum absolute atomic E-state index is 0.0465. The highest BCUT2D eigenvalue weighted by Gasteiger charge is 2.31. The van der Waals surface area contributed by atoms with Crippen LogP contribution in [-0.2, 0) is 15.8 Å². The molecule has 0 spiro atoms. The number of benzene rings is 2. The number of ether oxygens (including phenoxy) is 2. The van der Waals surface area contributed by atoms with Crippen molar-refractivity contribution in [3.05, 3.63) is 59.7 Å². The van der Waals surface area contributed by atoms with Crippen LogP contribution in [0, 0.1) is 0 Å². The Labute approximate surface area is 189 Å². The van der Waals surface area contributed by atoms with E-state index < -0.39 is 23.3 Å². The van der Waals surface area contributed by atoms with Gasteiger partial charge in [-0.3, -0.25) is 4.79 Å². The van der Waals surface area contributed by atoms with Gasteiger partial charge in [-0.15, -0.1) is 0 Å². The number of likely N-dealkylation sites (tertiary alicyclic amines) is 1. The van der Waals surface area contributed by atoms with E-state index in [0.717, 1.165) is 30.5 Å². The van der Waals surface area contributed by atoms with Gasteiger partial charge in [-0.1, -0.05) is 12.1 Å². The summed E-state index contributed by atoms with van der Waals surface area (Å²) in [5.41, 5.74) is -1.21. The van der Waals surface area contributed by atoms with Crippen molar-refractivity contribution in [3.8, 4) is 11.5 Å². The van der Waals surface area contributed by atoms with Crippen molar-refractivity contribution in [2.75, 3.05) is 19.7 Å². The number of halogens is 3. The smallest absolute Gasteiger partial charge is 0.416 e. The first kappa shape index (κ1) is 24.4. The molecule has 1 N–H and O–H groups in total. The Hall–Kier alpha value is -3.23. The van der Waals surface area contributed by atoms with Crippen LogP contribution in [0.15, 0.2) is 48.5 Å². The molecule has 1 heterocycles. The topological polar surface area (TPSA) is 76.1 Å². The number of amides is 1. The molecular formula is C24H26F3NO5. The number of aliphatic carboxylic acids is 1. The number of carbonyl (C=O) groups is 2. The Kier molecular flexibility index (Phi) is 7.19. The fourth-order valence-corrected chi connectivity index (χ4v) is 3.62. The van der Waals surface area contributed by atoms with Crippen LogP contribution in [0.4, 0.5) is 13.2 Å². The van der Waals surface area contributed by atoms with E-state index in [0.29, 0.717) is 18.8 Å². The second-order valence-corrected chi connectivity index (χ2v) is 8.48. The number of alkyl halides is 3. The molecule has 9 heteroatoms. The maximum absolute atomic E-state index is 12.7. The summed E-state index contributed by atoms with van der Waals surface area (Å²) in [5, 5.41) is 9.27. The van der Waals surface area contributed by atoms with E-state index in [1.807, 2.05) is 6.07 Å². The highest BCUT2D eigenvalue weighted by atomic mass is 19.4. The van der Waals surface area contributed by atoms with Crippen molar-refractivity contribution in [2.45, 2.75) is 44.4 Å². The van der Waals surface area contributed by atoms with Crippen LogP contribution in [0.5, 0.6) is 11.5 Å². The van der Waals surface area contributed by atoms with Crippen molar-refractivity contribution in [2.24, 2.45) is 0 Å². The molecule has 0 aromatic heterocycles. The Morgan fingerprint density at radius 3 is 2.42 bits per heavy atom. The van der Waals surface area contributed by atoms with Crippen molar-refractivity contribution < 1.29 is 37.3 Å². The number of hydrogen-bond acceptors (Lipinski definition) is 4. The maximum atomic E-state index is 12.7. The number of carboxylic acid groups (broad SMARTS) is 1.